The fraction of sp³-hybridized carbons (Fsp3) is 0.244. The third-order valence-corrected chi connectivity index (χ3v) is 11.1. The molecule has 0 bridgehead atoms. The van der Waals surface area contributed by atoms with Crippen LogP contribution in [0.3, 0.4) is 0 Å². The molecule has 1 aliphatic rings. The van der Waals surface area contributed by atoms with E-state index >= 15 is 0 Å². The van der Waals surface area contributed by atoms with Gasteiger partial charge in [0.15, 0.2) is 5.82 Å². The van der Waals surface area contributed by atoms with E-state index < -0.39 is 32.6 Å². The summed E-state index contributed by atoms with van der Waals surface area (Å²) < 4.78 is 42.7. The molecule has 2 heterocycles. The highest BCUT2D eigenvalue weighted by molar-refractivity contribution is 7.48. The van der Waals surface area contributed by atoms with Gasteiger partial charge in [-0.2, -0.15) is 5.10 Å². The van der Waals surface area contributed by atoms with Crippen LogP contribution < -0.4 is 15.2 Å². The van der Waals surface area contributed by atoms with Crippen molar-refractivity contribution in [2.75, 3.05) is 18.7 Å². The van der Waals surface area contributed by atoms with Crippen LogP contribution in [0.25, 0.3) is 5.52 Å². The first-order valence-electron chi connectivity index (χ1n) is 19.9. The number of ether oxygens (including phenoxy) is 2. The first-order chi connectivity index (χ1) is 30.0. The van der Waals surface area contributed by atoms with E-state index in [2.05, 4.69) is 20.7 Å². The van der Waals surface area contributed by atoms with Crippen molar-refractivity contribution in [2.24, 2.45) is 0 Å². The predicted molar refractivity (Wildman–Crippen MR) is 228 cm³/mol. The second-order valence-corrected chi connectivity index (χ2v) is 16.1. The van der Waals surface area contributed by atoms with E-state index in [1.807, 2.05) is 73.7 Å². The lowest BCUT2D eigenvalue weighted by molar-refractivity contribution is -0.0105. The van der Waals surface area contributed by atoms with Gasteiger partial charge in [-0.15, -0.1) is 0 Å². The monoisotopic (exact) mass is 860 g/mol. The van der Waals surface area contributed by atoms with Crippen LogP contribution in [0.1, 0.15) is 79.5 Å². The molecule has 0 spiro atoms. The highest BCUT2D eigenvalue weighted by Crippen LogP contribution is 2.51. The lowest BCUT2D eigenvalue weighted by Crippen LogP contribution is -2.38. The quantitative estimate of drug-likeness (QED) is 0.0475. The number of rotatable bonds is 18. The number of carbonyl (C=O) groups is 4. The zero-order chi connectivity index (χ0) is 43.6. The van der Waals surface area contributed by atoms with Gasteiger partial charge in [-0.25, -0.2) is 28.6 Å². The van der Waals surface area contributed by atoms with Crippen molar-refractivity contribution < 1.29 is 46.8 Å². The van der Waals surface area contributed by atoms with Crippen LogP contribution in [0, 0.1) is 13.8 Å². The number of hydrogen-bond donors (Lipinski definition) is 2. The second-order valence-electron chi connectivity index (χ2n) is 14.5. The lowest BCUT2D eigenvalue weighted by atomic mass is 10.1. The van der Waals surface area contributed by atoms with Crippen molar-refractivity contribution in [3.63, 3.8) is 0 Å². The van der Waals surface area contributed by atoms with Crippen molar-refractivity contribution in [1.82, 2.24) is 24.8 Å². The van der Waals surface area contributed by atoms with E-state index in [9.17, 15) is 23.7 Å². The number of esters is 1. The number of anilines is 2. The fourth-order valence-electron chi connectivity index (χ4n) is 6.26. The number of aryl methyl sites for hydroxylation is 2. The van der Waals surface area contributed by atoms with Crippen molar-refractivity contribution in [2.45, 2.75) is 59.3 Å². The average Bonchev–Trinajstić information content (AvgIpc) is 4.04. The maximum Gasteiger partial charge on any atom is 0.530 e. The van der Waals surface area contributed by atoms with Gasteiger partial charge < -0.3 is 24.6 Å². The summed E-state index contributed by atoms with van der Waals surface area (Å²) in [7, 11) is -4.15. The van der Waals surface area contributed by atoms with Gasteiger partial charge in [-0.1, -0.05) is 73.7 Å². The van der Waals surface area contributed by atoms with E-state index in [0.717, 1.165) is 34.4 Å². The minimum Gasteiger partial charge on any atom is -0.424 e. The molecule has 0 unspecified atom stereocenters. The molecule has 2 N–H and O–H groups in total. The number of benzene rings is 4. The summed E-state index contributed by atoms with van der Waals surface area (Å²) in [4.78, 5) is 58.3. The van der Waals surface area contributed by atoms with Crippen LogP contribution >= 0.6 is 7.82 Å². The maximum atomic E-state index is 13.9. The van der Waals surface area contributed by atoms with E-state index in [1.165, 1.54) is 41.3 Å². The number of fused-ring (bicyclic) bond motifs is 1. The van der Waals surface area contributed by atoms with Gasteiger partial charge in [0.2, 0.25) is 6.79 Å². The number of hydrogen-bond acceptors (Lipinski definition) is 13. The molecule has 0 radical (unpaired) electrons. The molecule has 3 amide bonds. The molecule has 2 aromatic heterocycles. The maximum absolute atomic E-state index is 13.9. The highest BCUT2D eigenvalue weighted by atomic mass is 31.2. The molecule has 16 nitrogen and oxygen atoms in total. The van der Waals surface area contributed by atoms with E-state index in [4.69, 9.17) is 23.0 Å². The molecule has 62 heavy (non-hydrogen) atoms. The Bertz CT molecular complexity index is 2550. The Labute approximate surface area is 357 Å². The summed E-state index contributed by atoms with van der Waals surface area (Å²) in [6, 6.07) is 29.4. The summed E-state index contributed by atoms with van der Waals surface area (Å²) >= 11 is 0. The largest absolute Gasteiger partial charge is 0.530 e. The number of nitrogens with zero attached hydrogens (tertiary/aromatic N) is 4. The van der Waals surface area contributed by atoms with Crippen LogP contribution in [0.2, 0.25) is 0 Å². The average molecular weight is 861 g/mol. The number of nitrogens with one attached hydrogen (secondary N) is 2. The number of aromatic nitrogens is 3. The molecule has 320 valence electrons. The summed E-state index contributed by atoms with van der Waals surface area (Å²) in [5.41, 5.74) is 4.77. The normalized spacial score (nSPS) is 12.4. The molecule has 0 aliphatic heterocycles. The summed E-state index contributed by atoms with van der Waals surface area (Å²) in [6.45, 7) is 4.56. The molecular weight excluding hydrogens is 816 g/mol. The Morgan fingerprint density at radius 1 is 0.839 bits per heavy atom. The molecule has 1 fully saturated rings. The highest BCUT2D eigenvalue weighted by Gasteiger charge is 2.31. The standard InChI is InChI=1S/C45H45N6O10P/c1-4-23-50(43(53)38-25-51-40(31(38)3)41(46-28-47-51)49-39-24-35(16-15-30(39)2)42(52)48-36-19-20-36)45(55)58-29-57-44(54)34-17-21-37(22-18-34)61-62(56,59-26-32-11-7-5-8-12-32)60-27-33-13-9-6-10-14-33/h5-18,21-22,24-25,28,36H,4,19-20,23,26-27,29H2,1-3H3,(H,48,52)(H,46,47,49). The molecule has 0 atom stereocenters. The van der Waals surface area contributed by atoms with Crippen molar-refractivity contribution in [1.29, 1.82) is 0 Å². The van der Waals surface area contributed by atoms with Gasteiger partial charge in [0.1, 0.15) is 17.6 Å². The predicted octanol–water partition coefficient (Wildman–Crippen LogP) is 8.71. The Balaban J connectivity index is 0.969. The number of amides is 3. The van der Waals surface area contributed by atoms with Gasteiger partial charge in [-0.05, 0) is 91.8 Å². The molecule has 7 rings (SSSR count). The van der Waals surface area contributed by atoms with Crippen LogP contribution in [0.4, 0.5) is 16.3 Å². The number of carbonyl (C=O) groups excluding carboxylic acids is 4. The second kappa shape index (κ2) is 19.7. The number of phosphoric ester groups is 1. The Kier molecular flexibility index (Phi) is 13.7. The molecule has 6 aromatic rings. The van der Waals surface area contributed by atoms with Gasteiger partial charge in [0.05, 0.1) is 24.3 Å². The van der Waals surface area contributed by atoms with E-state index in [-0.39, 0.29) is 48.6 Å². The smallest absolute Gasteiger partial charge is 0.424 e. The third-order valence-electron chi connectivity index (χ3n) is 9.78. The SMILES string of the molecule is CCCN(C(=O)OCOC(=O)c1ccc(OP(=O)(OCc2ccccc2)OCc2ccccc2)cc1)C(=O)c1cn2ncnc(Nc3cc(C(=O)NC4CC4)ccc3C)c2c1C. The number of imide groups is 1. The van der Waals surface area contributed by atoms with Gasteiger partial charge in [-0.3, -0.25) is 18.6 Å². The van der Waals surface area contributed by atoms with Crippen LogP contribution in [0.15, 0.2) is 116 Å². The molecule has 1 aliphatic carbocycles. The zero-order valence-electron chi connectivity index (χ0n) is 34.3. The molecule has 1 saturated carbocycles. The van der Waals surface area contributed by atoms with Crippen molar-refractivity contribution in [3.05, 3.63) is 155 Å². The fourth-order valence-corrected chi connectivity index (χ4v) is 7.43. The molecule has 0 saturated heterocycles. The summed E-state index contributed by atoms with van der Waals surface area (Å²) in [5.74, 6) is -1.16. The minimum atomic E-state index is -4.15. The Morgan fingerprint density at radius 3 is 2.11 bits per heavy atom. The van der Waals surface area contributed by atoms with E-state index in [1.54, 1.807) is 26.0 Å². The van der Waals surface area contributed by atoms with Crippen LogP contribution in [0.5, 0.6) is 5.75 Å². The van der Waals surface area contributed by atoms with Gasteiger partial charge >= 0.3 is 19.9 Å². The van der Waals surface area contributed by atoms with Crippen LogP contribution in [-0.2, 0) is 36.3 Å². The molecular formula is C45H45N6O10P. The first kappa shape index (κ1) is 43.2. The topological polar surface area (TPSA) is 189 Å². The van der Waals surface area contributed by atoms with Gasteiger partial charge in [0.25, 0.3) is 11.8 Å². The zero-order valence-corrected chi connectivity index (χ0v) is 35.2. The lowest BCUT2D eigenvalue weighted by Gasteiger charge is -2.20. The first-order valence-corrected chi connectivity index (χ1v) is 21.4. The van der Waals surface area contributed by atoms with E-state index in [0.29, 0.717) is 34.6 Å². The summed E-state index contributed by atoms with van der Waals surface area (Å²) in [5, 5.41) is 10.6. The summed E-state index contributed by atoms with van der Waals surface area (Å²) in [6.07, 6.45) is 4.16. The Morgan fingerprint density at radius 2 is 1.48 bits per heavy atom. The third kappa shape index (κ3) is 10.9. The van der Waals surface area contributed by atoms with Crippen molar-refractivity contribution >= 4 is 48.7 Å². The number of phosphoric acid groups is 1. The molecule has 17 heteroatoms. The Hall–Kier alpha value is -6.87. The minimum absolute atomic E-state index is 0.0123. The molecule has 4 aromatic carbocycles. The van der Waals surface area contributed by atoms with Gasteiger partial charge in [0, 0.05) is 30.0 Å². The van der Waals surface area contributed by atoms with Crippen molar-refractivity contribution in [3.8, 4) is 5.75 Å². The van der Waals surface area contributed by atoms with Crippen LogP contribution in [-0.4, -0.2) is 62.8 Å².